The molecule has 0 aliphatic heterocycles. The molecule has 25 heavy (non-hydrogen) atoms. The average Bonchev–Trinajstić information content (AvgIpc) is 2.54. The summed E-state index contributed by atoms with van der Waals surface area (Å²) in [5.41, 5.74) is 0.445. The normalized spacial score (nSPS) is 11.7. The Morgan fingerprint density at radius 3 is 2.44 bits per heavy atom. The second kappa shape index (κ2) is 6.89. The van der Waals surface area contributed by atoms with Gasteiger partial charge in [-0.15, -0.1) is 0 Å². The van der Waals surface area contributed by atoms with Crippen LogP contribution in [0.15, 0.2) is 35.4 Å². The number of aromatic hydroxyl groups is 3. The fourth-order valence-electron chi connectivity index (χ4n) is 1.80. The molecule has 1 amide bonds. The average molecular weight is 375 g/mol. The Labute approximate surface area is 143 Å². The quantitative estimate of drug-likeness (QED) is 0.376. The van der Waals surface area contributed by atoms with Gasteiger partial charge in [0.15, 0.2) is 11.5 Å². The number of halogens is 4. The highest BCUT2D eigenvalue weighted by atomic mass is 35.5. The summed E-state index contributed by atoms with van der Waals surface area (Å²) in [6.07, 6.45) is -3.78. The van der Waals surface area contributed by atoms with Crippen molar-refractivity contribution < 1.29 is 33.3 Å². The van der Waals surface area contributed by atoms with Crippen LogP contribution < -0.4 is 5.43 Å². The molecule has 0 unspecified atom stereocenters. The number of hydrazone groups is 1. The zero-order valence-corrected chi connectivity index (χ0v) is 12.9. The van der Waals surface area contributed by atoms with Crippen molar-refractivity contribution in [3.05, 3.63) is 52.0 Å². The lowest BCUT2D eigenvalue weighted by atomic mass is 10.1. The first-order valence-corrected chi connectivity index (χ1v) is 6.93. The molecule has 0 aliphatic carbocycles. The molecule has 0 aliphatic rings. The zero-order chi connectivity index (χ0) is 18.8. The molecular formula is C15H10ClF3N2O4. The number of hydrogen-bond acceptors (Lipinski definition) is 5. The molecule has 0 heterocycles. The molecule has 10 heteroatoms. The van der Waals surface area contributed by atoms with Gasteiger partial charge in [0, 0.05) is 11.1 Å². The Bertz CT molecular complexity index is 853. The summed E-state index contributed by atoms with van der Waals surface area (Å²) in [6.45, 7) is 0. The molecule has 6 nitrogen and oxygen atoms in total. The van der Waals surface area contributed by atoms with Gasteiger partial charge in [0.2, 0.25) is 5.75 Å². The van der Waals surface area contributed by atoms with E-state index in [4.69, 9.17) is 11.6 Å². The van der Waals surface area contributed by atoms with Crippen LogP contribution in [0, 0.1) is 0 Å². The number of carbonyl (C=O) groups is 1. The Morgan fingerprint density at radius 2 is 1.80 bits per heavy atom. The van der Waals surface area contributed by atoms with Gasteiger partial charge in [0.05, 0.1) is 16.8 Å². The number of carbonyl (C=O) groups excluding carboxylic acids is 1. The molecule has 0 saturated heterocycles. The predicted octanol–water partition coefficient (Wildman–Crippen LogP) is 3.24. The number of nitrogens with zero attached hydrogens (tertiary/aromatic N) is 1. The molecule has 0 atom stereocenters. The summed E-state index contributed by atoms with van der Waals surface area (Å²) in [4.78, 5) is 11.8. The van der Waals surface area contributed by atoms with E-state index in [0.29, 0.717) is 6.07 Å². The summed E-state index contributed by atoms with van der Waals surface area (Å²) in [6, 6.07) is 4.88. The van der Waals surface area contributed by atoms with Crippen LogP contribution in [-0.4, -0.2) is 27.4 Å². The lowest BCUT2D eigenvalue weighted by Crippen LogP contribution is -2.18. The van der Waals surface area contributed by atoms with Gasteiger partial charge in [-0.05, 0) is 30.3 Å². The van der Waals surface area contributed by atoms with E-state index in [-0.39, 0.29) is 11.1 Å². The monoisotopic (exact) mass is 374 g/mol. The van der Waals surface area contributed by atoms with Crippen molar-refractivity contribution in [3.8, 4) is 17.2 Å². The minimum Gasteiger partial charge on any atom is -0.504 e. The van der Waals surface area contributed by atoms with Gasteiger partial charge in [-0.25, -0.2) is 5.43 Å². The van der Waals surface area contributed by atoms with Crippen LogP contribution in [0.25, 0.3) is 0 Å². The molecule has 2 rings (SSSR count). The van der Waals surface area contributed by atoms with Crippen LogP contribution in [-0.2, 0) is 6.18 Å². The molecular weight excluding hydrogens is 365 g/mol. The second-order valence-corrected chi connectivity index (χ2v) is 5.17. The van der Waals surface area contributed by atoms with E-state index >= 15 is 0 Å². The topological polar surface area (TPSA) is 102 Å². The van der Waals surface area contributed by atoms with E-state index in [9.17, 15) is 33.3 Å². The number of alkyl halides is 3. The first-order chi connectivity index (χ1) is 11.6. The van der Waals surface area contributed by atoms with Crippen LogP contribution in [0.2, 0.25) is 5.02 Å². The van der Waals surface area contributed by atoms with Crippen LogP contribution in [0.4, 0.5) is 13.2 Å². The number of benzene rings is 2. The smallest absolute Gasteiger partial charge is 0.417 e. The number of amides is 1. The van der Waals surface area contributed by atoms with Crippen molar-refractivity contribution in [3.63, 3.8) is 0 Å². The van der Waals surface area contributed by atoms with Crippen molar-refractivity contribution in [1.82, 2.24) is 5.43 Å². The van der Waals surface area contributed by atoms with Crippen LogP contribution in [0.5, 0.6) is 17.2 Å². The van der Waals surface area contributed by atoms with E-state index in [1.165, 1.54) is 6.07 Å². The maximum absolute atomic E-state index is 12.8. The largest absolute Gasteiger partial charge is 0.504 e. The van der Waals surface area contributed by atoms with Gasteiger partial charge in [-0.2, -0.15) is 18.3 Å². The number of phenolic OH excluding ortho intramolecular Hbond substituents is 3. The fraction of sp³-hybridized carbons (Fsp3) is 0.0667. The molecule has 0 bridgehead atoms. The Hall–Kier alpha value is -2.94. The van der Waals surface area contributed by atoms with E-state index in [1.807, 2.05) is 5.43 Å². The molecule has 132 valence electrons. The molecule has 0 radical (unpaired) electrons. The summed E-state index contributed by atoms with van der Waals surface area (Å²) < 4.78 is 38.3. The fourth-order valence-corrected chi connectivity index (χ4v) is 2.02. The lowest BCUT2D eigenvalue weighted by molar-refractivity contribution is -0.137. The van der Waals surface area contributed by atoms with Crippen LogP contribution >= 0.6 is 11.6 Å². The maximum atomic E-state index is 12.8. The first-order valence-electron chi connectivity index (χ1n) is 6.55. The van der Waals surface area contributed by atoms with Gasteiger partial charge in [-0.1, -0.05) is 11.6 Å². The van der Waals surface area contributed by atoms with Gasteiger partial charge in [-0.3, -0.25) is 4.79 Å². The maximum Gasteiger partial charge on any atom is 0.417 e. The van der Waals surface area contributed by atoms with Crippen molar-refractivity contribution in [2.24, 2.45) is 5.10 Å². The third kappa shape index (κ3) is 4.13. The highest BCUT2D eigenvalue weighted by Gasteiger charge is 2.33. The first kappa shape index (κ1) is 18.4. The van der Waals surface area contributed by atoms with Gasteiger partial charge in [0.1, 0.15) is 0 Å². The van der Waals surface area contributed by atoms with E-state index in [0.717, 1.165) is 24.4 Å². The standard InChI is InChI=1S/C15H10ClF3N2O4/c16-10-3-1-7(5-9(10)15(17,18)19)14(25)21-20-6-8-2-4-11(22)13(24)12(8)23/h1-6,22-24H,(H,21,25)/b20-6+. The molecule has 2 aromatic rings. The second-order valence-electron chi connectivity index (χ2n) is 4.76. The van der Waals surface area contributed by atoms with E-state index in [1.54, 1.807) is 0 Å². The summed E-state index contributed by atoms with van der Waals surface area (Å²) in [5, 5.41) is 31.0. The number of rotatable bonds is 3. The van der Waals surface area contributed by atoms with Gasteiger partial charge < -0.3 is 15.3 Å². The third-order valence-electron chi connectivity index (χ3n) is 3.06. The van der Waals surface area contributed by atoms with E-state index in [2.05, 4.69) is 5.10 Å². The summed E-state index contributed by atoms with van der Waals surface area (Å²) >= 11 is 5.46. The molecule has 2 aromatic carbocycles. The Morgan fingerprint density at radius 1 is 1.12 bits per heavy atom. The highest BCUT2D eigenvalue weighted by Crippen LogP contribution is 2.36. The van der Waals surface area contributed by atoms with Crippen molar-refractivity contribution >= 4 is 23.7 Å². The number of phenols is 3. The van der Waals surface area contributed by atoms with Crippen molar-refractivity contribution in [2.45, 2.75) is 6.18 Å². The van der Waals surface area contributed by atoms with Crippen LogP contribution in [0.1, 0.15) is 21.5 Å². The molecule has 4 N–H and O–H groups in total. The van der Waals surface area contributed by atoms with Crippen molar-refractivity contribution in [1.29, 1.82) is 0 Å². The SMILES string of the molecule is O=C(N/N=C/c1ccc(O)c(O)c1O)c1ccc(Cl)c(C(F)(F)F)c1. The Kier molecular flexibility index (Phi) is 5.07. The van der Waals surface area contributed by atoms with Gasteiger partial charge in [0.25, 0.3) is 5.91 Å². The van der Waals surface area contributed by atoms with E-state index < -0.39 is 39.9 Å². The van der Waals surface area contributed by atoms with Crippen LogP contribution in [0.3, 0.4) is 0 Å². The third-order valence-corrected chi connectivity index (χ3v) is 3.39. The molecule has 0 saturated carbocycles. The lowest BCUT2D eigenvalue weighted by Gasteiger charge is -2.10. The zero-order valence-electron chi connectivity index (χ0n) is 12.2. The summed E-state index contributed by atoms with van der Waals surface area (Å²) in [5.74, 6) is -2.95. The minimum atomic E-state index is -4.72. The van der Waals surface area contributed by atoms with Crippen molar-refractivity contribution in [2.75, 3.05) is 0 Å². The Balaban J connectivity index is 2.17. The molecule has 0 spiro atoms. The minimum absolute atomic E-state index is 0.0392. The van der Waals surface area contributed by atoms with Gasteiger partial charge >= 0.3 is 6.18 Å². The predicted molar refractivity (Wildman–Crippen MR) is 83.0 cm³/mol. The number of nitrogens with one attached hydrogen (secondary N) is 1. The summed E-state index contributed by atoms with van der Waals surface area (Å²) in [7, 11) is 0. The number of hydrogen-bond donors (Lipinski definition) is 4. The molecule has 0 aromatic heterocycles. The highest BCUT2D eigenvalue weighted by molar-refractivity contribution is 6.31. The molecule has 0 fully saturated rings.